The molecule has 3 nitrogen and oxygen atoms in total. The van der Waals surface area contributed by atoms with Gasteiger partial charge in [0.25, 0.3) is 0 Å². The van der Waals surface area contributed by atoms with Gasteiger partial charge in [0.1, 0.15) is 0 Å². The molecule has 0 aliphatic heterocycles. The van der Waals surface area contributed by atoms with Gasteiger partial charge in [-0.15, -0.1) is 11.8 Å². The maximum atomic E-state index is 11.9. The Morgan fingerprint density at radius 2 is 1.90 bits per heavy atom. The molecule has 2 rings (SSSR count). The molecule has 0 atom stereocenters. The van der Waals surface area contributed by atoms with Crippen LogP contribution in [0, 0.1) is 5.92 Å². The van der Waals surface area contributed by atoms with Crippen molar-refractivity contribution >= 4 is 29.3 Å². The third kappa shape index (κ3) is 5.89. The van der Waals surface area contributed by atoms with Gasteiger partial charge in [0, 0.05) is 34.7 Å². The van der Waals surface area contributed by atoms with Crippen LogP contribution in [0.1, 0.15) is 32.1 Å². The molecule has 1 fully saturated rings. The van der Waals surface area contributed by atoms with Crippen LogP contribution in [-0.2, 0) is 4.79 Å². The molecule has 2 N–H and O–H groups in total. The zero-order valence-corrected chi connectivity index (χ0v) is 13.6. The molecule has 21 heavy (non-hydrogen) atoms. The van der Waals surface area contributed by atoms with Gasteiger partial charge in [0.15, 0.2) is 0 Å². The number of amides is 1. The maximum Gasteiger partial charge on any atom is 0.221 e. The van der Waals surface area contributed by atoms with Crippen LogP contribution in [-0.4, -0.2) is 29.4 Å². The van der Waals surface area contributed by atoms with Crippen molar-refractivity contribution in [3.05, 3.63) is 29.3 Å². The Labute approximate surface area is 135 Å². The topological polar surface area (TPSA) is 49.3 Å². The molecule has 1 aromatic carbocycles. The third-order valence-corrected chi connectivity index (χ3v) is 5.15. The quantitative estimate of drug-likeness (QED) is 0.786. The number of halogens is 1. The highest BCUT2D eigenvalue weighted by Crippen LogP contribution is 2.24. The first-order valence-electron chi connectivity index (χ1n) is 7.46. The molecule has 116 valence electrons. The number of aliphatic hydroxyl groups excluding tert-OH is 1. The molecule has 0 heterocycles. The fraction of sp³-hybridized carbons (Fsp3) is 0.562. The molecule has 1 aliphatic rings. The molecule has 1 saturated carbocycles. The van der Waals surface area contributed by atoms with E-state index < -0.39 is 0 Å². The average molecular weight is 328 g/mol. The van der Waals surface area contributed by atoms with Crippen molar-refractivity contribution in [1.29, 1.82) is 0 Å². The number of rotatable bonds is 6. The molecule has 1 aromatic rings. The Hall–Kier alpha value is -0.710. The van der Waals surface area contributed by atoms with E-state index in [9.17, 15) is 4.79 Å². The van der Waals surface area contributed by atoms with Crippen molar-refractivity contribution in [2.75, 3.05) is 12.4 Å². The molecule has 1 amide bonds. The second kappa shape index (κ2) is 8.66. The second-order valence-corrected chi connectivity index (χ2v) is 7.12. The van der Waals surface area contributed by atoms with E-state index in [1.807, 2.05) is 24.3 Å². The van der Waals surface area contributed by atoms with E-state index >= 15 is 0 Å². The maximum absolute atomic E-state index is 11.9. The summed E-state index contributed by atoms with van der Waals surface area (Å²) in [6, 6.07) is 7.97. The standard InChI is InChI=1S/C16H22ClNO2S/c17-13-3-7-15(8-4-13)21-10-9-16(20)18-14-5-1-12(11-19)2-6-14/h3-4,7-8,12,14,19H,1-2,5-6,9-11H2,(H,18,20). The summed E-state index contributed by atoms with van der Waals surface area (Å²) < 4.78 is 0. The monoisotopic (exact) mass is 327 g/mol. The van der Waals surface area contributed by atoms with Crippen molar-refractivity contribution in [2.45, 2.75) is 43.0 Å². The first-order valence-corrected chi connectivity index (χ1v) is 8.82. The predicted octanol–water partition coefficient (Wildman–Crippen LogP) is 3.49. The van der Waals surface area contributed by atoms with E-state index in [2.05, 4.69) is 5.32 Å². The fourth-order valence-corrected chi connectivity index (χ4v) is 3.56. The summed E-state index contributed by atoms with van der Waals surface area (Å²) in [7, 11) is 0. The fourth-order valence-electron chi connectivity index (χ4n) is 2.58. The van der Waals surface area contributed by atoms with Crippen LogP contribution >= 0.6 is 23.4 Å². The Morgan fingerprint density at radius 3 is 2.52 bits per heavy atom. The van der Waals surface area contributed by atoms with Crippen LogP contribution in [0.5, 0.6) is 0 Å². The molecule has 5 heteroatoms. The van der Waals surface area contributed by atoms with E-state index in [1.54, 1.807) is 11.8 Å². The molecule has 0 aromatic heterocycles. The van der Waals surface area contributed by atoms with Crippen molar-refractivity contribution in [2.24, 2.45) is 5.92 Å². The first kappa shape index (κ1) is 16.7. The van der Waals surface area contributed by atoms with E-state index in [0.29, 0.717) is 18.4 Å². The minimum Gasteiger partial charge on any atom is -0.396 e. The SMILES string of the molecule is O=C(CCSc1ccc(Cl)cc1)NC1CCC(CO)CC1. The predicted molar refractivity (Wildman–Crippen MR) is 87.8 cm³/mol. The summed E-state index contributed by atoms with van der Waals surface area (Å²) in [5.74, 6) is 1.34. The summed E-state index contributed by atoms with van der Waals surface area (Å²) >= 11 is 7.51. The second-order valence-electron chi connectivity index (χ2n) is 5.52. The Bertz CT molecular complexity index is 444. The van der Waals surface area contributed by atoms with E-state index in [0.717, 1.165) is 41.4 Å². The largest absolute Gasteiger partial charge is 0.396 e. The molecule has 0 unspecified atom stereocenters. The molecule has 0 saturated heterocycles. The van der Waals surface area contributed by atoms with Crippen LogP contribution in [0.4, 0.5) is 0 Å². The minimum absolute atomic E-state index is 0.129. The Kier molecular flexibility index (Phi) is 6.87. The third-order valence-electron chi connectivity index (χ3n) is 3.88. The number of carbonyl (C=O) groups excluding carboxylic acids is 1. The van der Waals surface area contributed by atoms with E-state index in [1.165, 1.54) is 0 Å². The summed E-state index contributed by atoms with van der Waals surface area (Å²) in [5, 5.41) is 12.9. The van der Waals surface area contributed by atoms with Crippen molar-refractivity contribution < 1.29 is 9.90 Å². The number of hydrogen-bond donors (Lipinski definition) is 2. The number of carbonyl (C=O) groups is 1. The van der Waals surface area contributed by atoms with Gasteiger partial charge in [0.05, 0.1) is 0 Å². The molecular formula is C16H22ClNO2S. The average Bonchev–Trinajstić information content (AvgIpc) is 2.50. The van der Waals surface area contributed by atoms with Crippen LogP contribution in [0.25, 0.3) is 0 Å². The van der Waals surface area contributed by atoms with Gasteiger partial charge in [-0.2, -0.15) is 0 Å². The van der Waals surface area contributed by atoms with Crippen molar-refractivity contribution in [1.82, 2.24) is 5.32 Å². The lowest BCUT2D eigenvalue weighted by molar-refractivity contribution is -0.121. The number of nitrogens with one attached hydrogen (secondary N) is 1. The van der Waals surface area contributed by atoms with Gasteiger partial charge < -0.3 is 10.4 Å². The summed E-state index contributed by atoms with van der Waals surface area (Å²) in [6.07, 6.45) is 4.54. The van der Waals surface area contributed by atoms with Crippen molar-refractivity contribution in [3.63, 3.8) is 0 Å². The highest BCUT2D eigenvalue weighted by molar-refractivity contribution is 7.99. The van der Waals surface area contributed by atoms with Crippen molar-refractivity contribution in [3.8, 4) is 0 Å². The zero-order chi connectivity index (χ0) is 15.1. The van der Waals surface area contributed by atoms with Gasteiger partial charge in [-0.3, -0.25) is 4.79 Å². The smallest absolute Gasteiger partial charge is 0.221 e. The molecule has 0 bridgehead atoms. The summed E-state index contributed by atoms with van der Waals surface area (Å²) in [4.78, 5) is 13.0. The molecule has 0 radical (unpaired) electrons. The van der Waals surface area contributed by atoms with E-state index in [4.69, 9.17) is 16.7 Å². The van der Waals surface area contributed by atoms with Gasteiger partial charge in [-0.05, 0) is 55.9 Å². The first-order chi connectivity index (χ1) is 10.2. The number of thioether (sulfide) groups is 1. The summed E-state index contributed by atoms with van der Waals surface area (Å²) in [6.45, 7) is 0.276. The van der Waals surface area contributed by atoms with Gasteiger partial charge in [0.2, 0.25) is 5.91 Å². The minimum atomic E-state index is 0.129. The molecule has 0 spiro atoms. The highest BCUT2D eigenvalue weighted by atomic mass is 35.5. The van der Waals surface area contributed by atoms with Crippen LogP contribution in [0.3, 0.4) is 0 Å². The highest BCUT2D eigenvalue weighted by Gasteiger charge is 2.21. The Balaban J connectivity index is 1.62. The number of benzene rings is 1. The van der Waals surface area contributed by atoms with Gasteiger partial charge in [-0.1, -0.05) is 11.6 Å². The van der Waals surface area contributed by atoms with Crippen LogP contribution in [0.2, 0.25) is 5.02 Å². The number of aliphatic hydroxyl groups is 1. The molecule has 1 aliphatic carbocycles. The van der Waals surface area contributed by atoms with E-state index in [-0.39, 0.29) is 12.5 Å². The van der Waals surface area contributed by atoms with Crippen LogP contribution in [0.15, 0.2) is 29.2 Å². The summed E-state index contributed by atoms with van der Waals surface area (Å²) in [5.41, 5.74) is 0. The van der Waals surface area contributed by atoms with Gasteiger partial charge >= 0.3 is 0 Å². The molecular weight excluding hydrogens is 306 g/mol. The normalized spacial score (nSPS) is 22.0. The van der Waals surface area contributed by atoms with Gasteiger partial charge in [-0.25, -0.2) is 0 Å². The lowest BCUT2D eigenvalue weighted by Gasteiger charge is -2.27. The lowest BCUT2D eigenvalue weighted by atomic mass is 9.86. The zero-order valence-electron chi connectivity index (χ0n) is 12.1. The number of hydrogen-bond acceptors (Lipinski definition) is 3. The lowest BCUT2D eigenvalue weighted by Crippen LogP contribution is -2.38. The Morgan fingerprint density at radius 1 is 1.24 bits per heavy atom. The van der Waals surface area contributed by atoms with Crippen LogP contribution < -0.4 is 5.32 Å².